The van der Waals surface area contributed by atoms with Gasteiger partial charge in [0.1, 0.15) is 31.0 Å². The molecule has 0 aromatic heterocycles. The van der Waals surface area contributed by atoms with Crippen LogP contribution in [0.25, 0.3) is 0 Å². The lowest BCUT2D eigenvalue weighted by atomic mass is 9.96. The number of unbranched alkanes of at least 4 members (excludes halogenated alkanes) is 16. The third kappa shape index (κ3) is 22.9. The Hall–Kier alpha value is -1.86. The van der Waals surface area contributed by atoms with Crippen molar-refractivity contribution in [2.45, 2.75) is 196 Å². The number of nitrogens with one attached hydrogen (secondary N) is 1. The topological polar surface area (TPSA) is 150 Å². The van der Waals surface area contributed by atoms with Crippen molar-refractivity contribution < 1.29 is 48.3 Å². The number of carbonyl (C=O) groups excluding carboxylic acids is 3. The molecule has 11 nitrogen and oxygen atoms in total. The highest BCUT2D eigenvalue weighted by Gasteiger charge is 2.49. The second-order valence-electron chi connectivity index (χ2n) is 14.9. The lowest BCUT2D eigenvalue weighted by Gasteiger charge is -2.43. The summed E-state index contributed by atoms with van der Waals surface area (Å²) >= 11 is 17.2. The van der Waals surface area contributed by atoms with Gasteiger partial charge in [0.2, 0.25) is 9.70 Å². The number of benzene rings is 1. The summed E-state index contributed by atoms with van der Waals surface area (Å²) in [5.41, 5.74) is 0.785. The molecule has 2 rings (SSSR count). The maximum Gasteiger partial charge on any atom is 0.508 e. The second-order valence-corrected chi connectivity index (χ2v) is 17.4. The Kier molecular flexibility index (Phi) is 27.1. The van der Waals surface area contributed by atoms with Crippen LogP contribution >= 0.6 is 34.8 Å². The summed E-state index contributed by atoms with van der Waals surface area (Å²) in [7, 11) is 0. The number of alkyl halides is 3. The Balaban J connectivity index is 2.13. The molecule has 1 amide bonds. The van der Waals surface area contributed by atoms with E-state index in [-0.39, 0.29) is 25.4 Å². The molecule has 1 aromatic carbocycles. The molecular formula is C42H68Cl3NO10. The van der Waals surface area contributed by atoms with Crippen molar-refractivity contribution in [3.8, 4) is 0 Å². The van der Waals surface area contributed by atoms with Crippen LogP contribution in [-0.2, 0) is 39.9 Å². The molecule has 1 fully saturated rings. The molecule has 6 atom stereocenters. The van der Waals surface area contributed by atoms with Gasteiger partial charge >= 0.3 is 12.1 Å². The minimum Gasteiger partial charge on any atom is -0.462 e. The van der Waals surface area contributed by atoms with Gasteiger partial charge in [-0.1, -0.05) is 182 Å². The van der Waals surface area contributed by atoms with Crippen molar-refractivity contribution >= 4 is 52.8 Å². The van der Waals surface area contributed by atoms with Crippen LogP contribution in [0.4, 0.5) is 4.79 Å². The van der Waals surface area contributed by atoms with E-state index < -0.39 is 65.8 Å². The molecule has 0 bridgehead atoms. The summed E-state index contributed by atoms with van der Waals surface area (Å²) in [6, 6.07) is 7.90. The van der Waals surface area contributed by atoms with Crippen LogP contribution in [0.1, 0.15) is 154 Å². The smallest absolute Gasteiger partial charge is 0.462 e. The van der Waals surface area contributed by atoms with Gasteiger partial charge in [-0.15, -0.1) is 0 Å². The van der Waals surface area contributed by atoms with Crippen molar-refractivity contribution in [1.82, 2.24) is 5.32 Å². The predicted molar refractivity (Wildman–Crippen MR) is 220 cm³/mol. The van der Waals surface area contributed by atoms with Crippen molar-refractivity contribution in [2.75, 3.05) is 13.2 Å². The van der Waals surface area contributed by atoms with Crippen LogP contribution in [0.15, 0.2) is 30.3 Å². The average Bonchev–Trinajstić information content (AvgIpc) is 3.16. The third-order valence-corrected chi connectivity index (χ3v) is 10.2. The molecule has 0 radical (unpaired) electrons. The van der Waals surface area contributed by atoms with Crippen molar-refractivity contribution in [2.24, 2.45) is 0 Å². The summed E-state index contributed by atoms with van der Waals surface area (Å²) in [6.07, 6.45) is 13.2. The van der Waals surface area contributed by atoms with E-state index in [1.807, 2.05) is 30.3 Å². The summed E-state index contributed by atoms with van der Waals surface area (Å²) < 4.78 is 26.3. The molecule has 1 aliphatic rings. The summed E-state index contributed by atoms with van der Waals surface area (Å²) in [5.74, 6) is -0.882. The predicted octanol–water partition coefficient (Wildman–Crippen LogP) is 9.80. The maximum absolute atomic E-state index is 13.8. The number of aliphatic hydroxyl groups is 2. The van der Waals surface area contributed by atoms with Crippen molar-refractivity contribution in [3.05, 3.63) is 35.9 Å². The van der Waals surface area contributed by atoms with Crippen LogP contribution in [0.2, 0.25) is 0 Å². The molecule has 0 spiro atoms. The number of amides is 1. The lowest BCUT2D eigenvalue weighted by Crippen LogP contribution is -2.66. The van der Waals surface area contributed by atoms with E-state index in [1.165, 1.54) is 64.2 Å². The first-order valence-corrected chi connectivity index (χ1v) is 22.1. The SMILES string of the molecule is CCCCCCCCCCCC(=O)O[C@H](CCCCCCCCCCC)CC(=O)N[C@H]1[C@H](OCc2ccccc2)O[C@H](CO)[C@@H](O)[C@@H]1OC(=O)OCC(Cl)(Cl)Cl. The number of halogens is 3. The van der Waals surface area contributed by atoms with E-state index in [2.05, 4.69) is 19.2 Å². The Bertz CT molecular complexity index is 1190. The Morgan fingerprint density at radius 1 is 0.821 bits per heavy atom. The first-order valence-electron chi connectivity index (χ1n) is 21.0. The van der Waals surface area contributed by atoms with Crippen LogP contribution in [0.5, 0.6) is 0 Å². The van der Waals surface area contributed by atoms with Gasteiger partial charge in [-0.2, -0.15) is 0 Å². The van der Waals surface area contributed by atoms with E-state index >= 15 is 0 Å². The van der Waals surface area contributed by atoms with Crippen molar-refractivity contribution in [1.29, 1.82) is 0 Å². The molecule has 1 aromatic rings. The molecule has 56 heavy (non-hydrogen) atoms. The summed E-state index contributed by atoms with van der Waals surface area (Å²) in [6.45, 7) is 3.16. The Morgan fingerprint density at radius 3 is 1.93 bits per heavy atom. The fourth-order valence-electron chi connectivity index (χ4n) is 6.70. The zero-order valence-electron chi connectivity index (χ0n) is 33.6. The molecule has 3 N–H and O–H groups in total. The van der Waals surface area contributed by atoms with Gasteiger partial charge in [0.25, 0.3) is 0 Å². The van der Waals surface area contributed by atoms with Crippen LogP contribution < -0.4 is 5.32 Å². The quantitative estimate of drug-likeness (QED) is 0.0388. The molecule has 1 heterocycles. The highest BCUT2D eigenvalue weighted by molar-refractivity contribution is 6.67. The Morgan fingerprint density at radius 2 is 1.38 bits per heavy atom. The number of esters is 1. The van der Waals surface area contributed by atoms with Crippen LogP contribution in [-0.4, -0.2) is 82.0 Å². The first-order chi connectivity index (χ1) is 27.0. The number of hydrogen-bond donors (Lipinski definition) is 3. The zero-order valence-corrected chi connectivity index (χ0v) is 35.9. The molecule has 0 saturated carbocycles. The van der Waals surface area contributed by atoms with Gasteiger partial charge in [-0.3, -0.25) is 9.59 Å². The van der Waals surface area contributed by atoms with E-state index in [9.17, 15) is 24.6 Å². The molecule has 322 valence electrons. The molecule has 1 saturated heterocycles. The fraction of sp³-hybridized carbons (Fsp3) is 0.786. The zero-order chi connectivity index (χ0) is 41.0. The minimum absolute atomic E-state index is 0.0360. The normalized spacial score (nSPS) is 20.3. The summed E-state index contributed by atoms with van der Waals surface area (Å²) in [4.78, 5) is 39.5. The van der Waals surface area contributed by atoms with Gasteiger partial charge in [0.15, 0.2) is 12.4 Å². The number of carbonyl (C=O) groups is 3. The van der Waals surface area contributed by atoms with Gasteiger partial charge in [-0.05, 0) is 24.8 Å². The van der Waals surface area contributed by atoms with Gasteiger partial charge in [0, 0.05) is 6.42 Å². The number of rotatable bonds is 30. The van der Waals surface area contributed by atoms with Crippen molar-refractivity contribution in [3.63, 3.8) is 0 Å². The largest absolute Gasteiger partial charge is 0.508 e. The monoisotopic (exact) mass is 851 g/mol. The first kappa shape index (κ1) is 50.3. The summed E-state index contributed by atoms with van der Waals surface area (Å²) in [5, 5.41) is 24.0. The standard InChI is InChI=1S/C42H68Cl3NO10/c1-3-5-7-9-11-13-15-17-22-26-33(54-36(49)27-23-18-16-14-12-10-8-6-4-2)28-35(48)46-37-39(56-41(51)53-31-42(43,44)45)38(50)34(29-47)55-40(37)52-30-32-24-20-19-21-25-32/h19-21,24-25,33-34,37-40,47,50H,3-18,22-23,26-31H2,1-2H3,(H,46,48)/t33-,34-,37-,38-,39-,40-/m1/s1. The highest BCUT2D eigenvalue weighted by atomic mass is 35.6. The second kappa shape index (κ2) is 30.2. The van der Waals surface area contributed by atoms with E-state index in [0.29, 0.717) is 6.42 Å². The van der Waals surface area contributed by atoms with E-state index in [4.69, 9.17) is 58.5 Å². The number of hydrogen-bond acceptors (Lipinski definition) is 10. The average molecular weight is 853 g/mol. The Labute approximate surface area is 350 Å². The van der Waals surface area contributed by atoms with Crippen LogP contribution in [0, 0.1) is 0 Å². The molecule has 1 aliphatic heterocycles. The van der Waals surface area contributed by atoms with E-state index in [0.717, 1.165) is 56.9 Å². The fourth-order valence-corrected chi connectivity index (χ4v) is 6.87. The van der Waals surface area contributed by atoms with Gasteiger partial charge in [0.05, 0.1) is 19.6 Å². The highest BCUT2D eigenvalue weighted by Crippen LogP contribution is 2.29. The maximum atomic E-state index is 13.8. The van der Waals surface area contributed by atoms with Crippen LogP contribution in [0.3, 0.4) is 0 Å². The molecule has 14 heteroatoms. The number of aliphatic hydroxyl groups excluding tert-OH is 2. The number of ether oxygens (including phenoxy) is 5. The molecule has 0 unspecified atom stereocenters. The van der Waals surface area contributed by atoms with E-state index in [1.54, 1.807) is 0 Å². The molecule has 0 aliphatic carbocycles. The third-order valence-electron chi connectivity index (χ3n) is 9.85. The molecular weight excluding hydrogens is 785 g/mol. The van der Waals surface area contributed by atoms with Gasteiger partial charge in [-0.25, -0.2) is 4.79 Å². The van der Waals surface area contributed by atoms with Gasteiger partial charge < -0.3 is 39.2 Å². The minimum atomic E-state index is -1.93. The lowest BCUT2D eigenvalue weighted by molar-refractivity contribution is -0.274.